The van der Waals surface area contributed by atoms with Gasteiger partial charge in [0.25, 0.3) is 0 Å². The molecule has 0 radical (unpaired) electrons. The van der Waals surface area contributed by atoms with E-state index in [9.17, 15) is 17.3 Å². The SMILES string of the molecule is F[B-](F)(F)F.c1ccc(-c2oc(-c3ccncc3)nc2[P+](c2ccccc2)(c2ccccc2)c2ccccc2)cc1. The molecule has 9 heteroatoms. The Morgan fingerprint density at radius 1 is 0.512 bits per heavy atom. The average molecular weight is 570 g/mol. The van der Waals surface area contributed by atoms with Crippen molar-refractivity contribution in [1.29, 1.82) is 0 Å². The van der Waals surface area contributed by atoms with Gasteiger partial charge in [0.1, 0.15) is 15.9 Å². The molecule has 0 atom stereocenters. The van der Waals surface area contributed by atoms with Crippen molar-refractivity contribution in [3.8, 4) is 22.8 Å². The van der Waals surface area contributed by atoms with Gasteiger partial charge in [0.2, 0.25) is 11.3 Å². The number of halogens is 4. The van der Waals surface area contributed by atoms with E-state index in [4.69, 9.17) is 9.40 Å². The lowest BCUT2D eigenvalue weighted by Gasteiger charge is -2.25. The fraction of sp³-hybridized carbons (Fsp3) is 0. The summed E-state index contributed by atoms with van der Waals surface area (Å²) < 4.78 is 45.6. The first-order valence-electron chi connectivity index (χ1n) is 12.8. The van der Waals surface area contributed by atoms with Gasteiger partial charge in [-0.3, -0.25) is 4.98 Å². The van der Waals surface area contributed by atoms with Gasteiger partial charge < -0.3 is 21.7 Å². The lowest BCUT2D eigenvalue weighted by molar-refractivity contribution is 0.368. The summed E-state index contributed by atoms with van der Waals surface area (Å²) in [4.78, 5) is 9.50. The predicted molar refractivity (Wildman–Crippen MR) is 160 cm³/mol. The largest absolute Gasteiger partial charge is 0.673 e. The first-order chi connectivity index (χ1) is 19.9. The molecule has 0 saturated carbocycles. The number of nitrogens with zero attached hydrogens (tertiary/aromatic N) is 2. The molecule has 0 amide bonds. The maximum Gasteiger partial charge on any atom is 0.673 e. The fourth-order valence-electron chi connectivity index (χ4n) is 4.70. The van der Waals surface area contributed by atoms with Crippen LogP contribution in [0.2, 0.25) is 0 Å². The van der Waals surface area contributed by atoms with Crippen molar-refractivity contribution in [3.05, 3.63) is 146 Å². The molecule has 0 N–H and O–H groups in total. The minimum atomic E-state index is -6.00. The molecule has 0 unspecified atom stereocenters. The fourth-order valence-corrected chi connectivity index (χ4v) is 8.91. The molecule has 4 aromatic carbocycles. The molecule has 0 aliphatic heterocycles. The summed E-state index contributed by atoms with van der Waals surface area (Å²) in [5, 5.41) is 3.69. The molecule has 204 valence electrons. The van der Waals surface area contributed by atoms with E-state index < -0.39 is 14.5 Å². The highest BCUT2D eigenvalue weighted by atomic mass is 31.2. The molecule has 41 heavy (non-hydrogen) atoms. The van der Waals surface area contributed by atoms with Gasteiger partial charge in [0, 0.05) is 23.5 Å². The van der Waals surface area contributed by atoms with E-state index in [1.54, 1.807) is 12.4 Å². The molecule has 0 aliphatic carbocycles. The molecule has 0 spiro atoms. The highest BCUT2D eigenvalue weighted by Crippen LogP contribution is 2.56. The van der Waals surface area contributed by atoms with E-state index in [-0.39, 0.29) is 0 Å². The Morgan fingerprint density at radius 2 is 0.902 bits per heavy atom. The van der Waals surface area contributed by atoms with Crippen LogP contribution in [-0.2, 0) is 0 Å². The molecule has 0 saturated heterocycles. The van der Waals surface area contributed by atoms with E-state index in [1.165, 1.54) is 15.9 Å². The van der Waals surface area contributed by atoms with Crippen LogP contribution in [0, 0.1) is 0 Å². The Hall–Kier alpha value is -4.55. The lowest BCUT2D eigenvalue weighted by atomic mass is 10.2. The zero-order chi connectivity index (χ0) is 28.7. The number of hydrogen-bond acceptors (Lipinski definition) is 3. The van der Waals surface area contributed by atoms with Crippen molar-refractivity contribution in [2.45, 2.75) is 0 Å². The van der Waals surface area contributed by atoms with Crippen LogP contribution in [-0.4, -0.2) is 17.2 Å². The van der Waals surface area contributed by atoms with Crippen molar-refractivity contribution < 1.29 is 21.7 Å². The Bertz CT molecular complexity index is 1570. The van der Waals surface area contributed by atoms with Gasteiger partial charge >= 0.3 is 7.25 Å². The molecule has 2 aromatic heterocycles. The number of pyridine rings is 1. The normalized spacial score (nSPS) is 11.4. The van der Waals surface area contributed by atoms with Crippen molar-refractivity contribution in [2.24, 2.45) is 0 Å². The third-order valence-corrected chi connectivity index (χ3v) is 10.5. The molecule has 0 fully saturated rings. The third-order valence-electron chi connectivity index (χ3n) is 6.32. The summed E-state index contributed by atoms with van der Waals surface area (Å²) >= 11 is 0. The standard InChI is InChI=1S/C32H24N2OP.BF4/c1-5-13-25(14-6-1)30-32(34-31(35-30)26-21-23-33-24-22-26)36(27-15-7-2-8-16-27,28-17-9-3-10-18-28)29-19-11-4-12-20-29;2-1(3,4)5/h1-24H;/q+1;-1. The molecule has 6 rings (SSSR count). The van der Waals surface area contributed by atoms with Gasteiger partial charge in [0.05, 0.1) is 0 Å². The van der Waals surface area contributed by atoms with Crippen molar-refractivity contribution in [1.82, 2.24) is 9.97 Å². The van der Waals surface area contributed by atoms with Crippen LogP contribution in [0.3, 0.4) is 0 Å². The van der Waals surface area contributed by atoms with Crippen LogP contribution in [0.1, 0.15) is 0 Å². The Kier molecular flexibility index (Phi) is 8.41. The number of aromatic nitrogens is 2. The molecule has 0 bridgehead atoms. The minimum Gasteiger partial charge on any atom is -0.432 e. The summed E-state index contributed by atoms with van der Waals surface area (Å²) in [5.74, 6) is 1.39. The second kappa shape index (κ2) is 12.3. The van der Waals surface area contributed by atoms with Crippen LogP contribution in [0.15, 0.2) is 150 Å². The van der Waals surface area contributed by atoms with Crippen LogP contribution in [0.4, 0.5) is 17.3 Å². The summed E-state index contributed by atoms with van der Waals surface area (Å²) in [6.45, 7) is 0. The number of oxazole rings is 1. The van der Waals surface area contributed by atoms with Crippen LogP contribution >= 0.6 is 7.26 Å². The summed E-state index contributed by atoms with van der Waals surface area (Å²) in [6.07, 6.45) is 3.55. The van der Waals surface area contributed by atoms with Crippen molar-refractivity contribution in [3.63, 3.8) is 0 Å². The van der Waals surface area contributed by atoms with E-state index in [0.717, 1.165) is 22.3 Å². The maximum absolute atomic E-state index is 9.75. The van der Waals surface area contributed by atoms with Gasteiger partial charge in [-0.1, -0.05) is 84.9 Å². The first-order valence-corrected chi connectivity index (χ1v) is 14.6. The highest BCUT2D eigenvalue weighted by molar-refractivity contribution is 8.01. The maximum atomic E-state index is 9.75. The van der Waals surface area contributed by atoms with E-state index >= 15 is 0 Å². The smallest absolute Gasteiger partial charge is 0.432 e. The highest BCUT2D eigenvalue weighted by Gasteiger charge is 2.52. The molecule has 3 nitrogen and oxygen atoms in total. The van der Waals surface area contributed by atoms with Crippen molar-refractivity contribution in [2.75, 3.05) is 0 Å². The molecule has 6 aromatic rings. The molecular formula is C32H24BF4N2OP. The molecular weight excluding hydrogens is 546 g/mol. The number of benzene rings is 4. The summed E-state index contributed by atoms with van der Waals surface area (Å²) in [6, 6.07) is 46.4. The Balaban J connectivity index is 0.000000623. The summed E-state index contributed by atoms with van der Waals surface area (Å²) in [5.41, 5.74) is 2.87. The van der Waals surface area contributed by atoms with Crippen LogP contribution in [0.25, 0.3) is 22.8 Å². The molecule has 2 heterocycles. The van der Waals surface area contributed by atoms with Gasteiger partial charge in [-0.15, -0.1) is 0 Å². The zero-order valence-electron chi connectivity index (χ0n) is 21.7. The minimum absolute atomic E-state index is 0.596. The quantitative estimate of drug-likeness (QED) is 0.120. The van der Waals surface area contributed by atoms with E-state index in [0.29, 0.717) is 5.89 Å². The summed E-state index contributed by atoms with van der Waals surface area (Å²) in [7, 11) is -8.43. The topological polar surface area (TPSA) is 38.9 Å². The Labute approximate surface area is 236 Å². The van der Waals surface area contributed by atoms with Crippen molar-refractivity contribution >= 4 is 35.9 Å². The lowest BCUT2D eigenvalue weighted by Crippen LogP contribution is -2.40. The van der Waals surface area contributed by atoms with Gasteiger partial charge in [0.15, 0.2) is 13.0 Å². The Morgan fingerprint density at radius 3 is 1.32 bits per heavy atom. The van der Waals surface area contributed by atoms with Gasteiger partial charge in [-0.2, -0.15) is 4.98 Å². The number of rotatable bonds is 6. The predicted octanol–water partition coefficient (Wildman–Crippen LogP) is 7.32. The second-order valence-corrected chi connectivity index (χ2v) is 12.3. The second-order valence-electron chi connectivity index (χ2n) is 8.95. The first kappa shape index (κ1) is 28.0. The zero-order valence-corrected chi connectivity index (χ0v) is 22.6. The number of hydrogen-bond donors (Lipinski definition) is 0. The van der Waals surface area contributed by atoms with Gasteiger partial charge in [-0.25, -0.2) is 0 Å². The monoisotopic (exact) mass is 570 g/mol. The van der Waals surface area contributed by atoms with E-state index in [1.807, 2.05) is 30.3 Å². The van der Waals surface area contributed by atoms with Gasteiger partial charge in [-0.05, 0) is 48.5 Å². The van der Waals surface area contributed by atoms with Crippen LogP contribution in [0.5, 0.6) is 0 Å². The average Bonchev–Trinajstić information content (AvgIpc) is 3.45. The van der Waals surface area contributed by atoms with E-state index in [2.05, 4.69) is 108 Å². The third kappa shape index (κ3) is 6.29. The van der Waals surface area contributed by atoms with Crippen LogP contribution < -0.4 is 21.3 Å². The molecule has 0 aliphatic rings.